The number of nitro groups is 1. The van der Waals surface area contributed by atoms with Gasteiger partial charge in [0.1, 0.15) is 11.2 Å². The van der Waals surface area contributed by atoms with Gasteiger partial charge in [-0.3, -0.25) is 19.7 Å². The van der Waals surface area contributed by atoms with Crippen molar-refractivity contribution in [2.45, 2.75) is 12.5 Å². The molecule has 9 nitrogen and oxygen atoms in total. The number of fused-ring (bicyclic) bond motifs is 1. The van der Waals surface area contributed by atoms with Gasteiger partial charge in [-0.25, -0.2) is 0 Å². The Balaban J connectivity index is 1.84. The normalized spacial score (nSPS) is 17.8. The number of H-pyrrole nitrogens is 1. The van der Waals surface area contributed by atoms with Crippen LogP contribution in [0, 0.1) is 10.1 Å². The van der Waals surface area contributed by atoms with Crippen LogP contribution < -0.4 is 0 Å². The van der Waals surface area contributed by atoms with E-state index in [0.29, 0.717) is 17.4 Å². The fraction of sp³-hybridized carbons (Fsp3) is 0.333. The summed E-state index contributed by atoms with van der Waals surface area (Å²) in [5.74, 6) is -1.32. The molecule has 0 bridgehead atoms. The predicted molar refractivity (Wildman–Crippen MR) is 82.8 cm³/mol. The Kier molecular flexibility index (Phi) is 4.17. The lowest BCUT2D eigenvalue weighted by Gasteiger charge is -2.32. The van der Waals surface area contributed by atoms with Crippen molar-refractivity contribution in [2.75, 3.05) is 19.7 Å². The molecule has 2 aromatic rings. The smallest absolute Gasteiger partial charge is 0.306 e. The maximum absolute atomic E-state index is 12.6. The van der Waals surface area contributed by atoms with Crippen LogP contribution in [0.3, 0.4) is 0 Å². The van der Waals surface area contributed by atoms with Crippen LogP contribution in [0.1, 0.15) is 16.9 Å². The van der Waals surface area contributed by atoms with Gasteiger partial charge in [0.05, 0.1) is 24.1 Å². The zero-order valence-electron chi connectivity index (χ0n) is 12.6. The van der Waals surface area contributed by atoms with E-state index in [1.807, 2.05) is 0 Å². The number of non-ortho nitro benzene ring substituents is 1. The monoisotopic (exact) mass is 333 g/mol. The van der Waals surface area contributed by atoms with Crippen molar-refractivity contribution in [1.82, 2.24) is 9.88 Å². The maximum Gasteiger partial charge on any atom is 0.306 e. The number of carbonyl (C=O) groups is 2. The SMILES string of the molecule is O=C(O)CC1CN(C(=O)c2cc3cccc([N+](=O)[O-])c3[nH]2)CCO1. The van der Waals surface area contributed by atoms with Crippen molar-refractivity contribution in [3.63, 3.8) is 0 Å². The number of morpholine rings is 1. The topological polar surface area (TPSA) is 126 Å². The van der Waals surface area contributed by atoms with E-state index in [1.165, 1.54) is 11.0 Å². The molecule has 9 heteroatoms. The number of hydrogen-bond acceptors (Lipinski definition) is 5. The Morgan fingerprint density at radius 3 is 2.96 bits per heavy atom. The van der Waals surface area contributed by atoms with Gasteiger partial charge in [0.25, 0.3) is 11.6 Å². The number of nitrogens with zero attached hydrogens (tertiary/aromatic N) is 2. The summed E-state index contributed by atoms with van der Waals surface area (Å²) in [4.78, 5) is 38.2. The maximum atomic E-state index is 12.6. The standard InChI is InChI=1S/C15H15N3O6/c19-13(20)7-10-8-17(4-5-24-10)15(21)11-6-9-2-1-3-12(18(22)23)14(9)16-11/h1-3,6,10,16H,4-5,7-8H2,(H,19,20). The number of carbonyl (C=O) groups excluding carboxylic acids is 1. The molecule has 1 aromatic heterocycles. The Bertz CT molecular complexity index is 815. The van der Waals surface area contributed by atoms with Gasteiger partial charge in [0, 0.05) is 24.5 Å². The van der Waals surface area contributed by atoms with Crippen LogP contribution in [0.25, 0.3) is 10.9 Å². The van der Waals surface area contributed by atoms with Crippen LogP contribution in [-0.4, -0.2) is 57.6 Å². The number of aromatic nitrogens is 1. The van der Waals surface area contributed by atoms with Crippen LogP contribution in [-0.2, 0) is 9.53 Å². The van der Waals surface area contributed by atoms with Crippen molar-refractivity contribution in [1.29, 1.82) is 0 Å². The van der Waals surface area contributed by atoms with E-state index in [9.17, 15) is 19.7 Å². The third-order valence-corrected chi connectivity index (χ3v) is 3.89. The van der Waals surface area contributed by atoms with Crippen LogP contribution >= 0.6 is 0 Å². The minimum atomic E-state index is -0.990. The number of nitrogens with one attached hydrogen (secondary N) is 1. The molecule has 1 fully saturated rings. The first-order valence-corrected chi connectivity index (χ1v) is 7.34. The predicted octanol–water partition coefficient (Wildman–Crippen LogP) is 1.39. The highest BCUT2D eigenvalue weighted by atomic mass is 16.6. The van der Waals surface area contributed by atoms with Crippen LogP contribution in [0.2, 0.25) is 0 Å². The lowest BCUT2D eigenvalue weighted by molar-refractivity contribution is -0.383. The molecule has 2 heterocycles. The Morgan fingerprint density at radius 2 is 2.25 bits per heavy atom. The van der Waals surface area contributed by atoms with Crippen LogP contribution in [0.4, 0.5) is 5.69 Å². The number of para-hydroxylation sites is 1. The molecule has 1 unspecified atom stereocenters. The summed E-state index contributed by atoms with van der Waals surface area (Å²) >= 11 is 0. The Hall–Kier alpha value is -2.94. The summed E-state index contributed by atoms with van der Waals surface area (Å²) in [6.07, 6.45) is -0.735. The highest BCUT2D eigenvalue weighted by Crippen LogP contribution is 2.26. The minimum absolute atomic E-state index is 0.0997. The summed E-state index contributed by atoms with van der Waals surface area (Å²) in [7, 11) is 0. The molecule has 1 aliphatic rings. The van der Waals surface area contributed by atoms with Crippen molar-refractivity contribution in [3.05, 3.63) is 40.1 Å². The molecule has 1 aliphatic heterocycles. The van der Waals surface area contributed by atoms with E-state index in [1.54, 1.807) is 18.2 Å². The second-order valence-corrected chi connectivity index (χ2v) is 5.52. The first-order valence-electron chi connectivity index (χ1n) is 7.34. The quantitative estimate of drug-likeness (QED) is 0.643. The fourth-order valence-corrected chi connectivity index (χ4v) is 2.80. The molecule has 1 saturated heterocycles. The molecular weight excluding hydrogens is 318 g/mol. The van der Waals surface area contributed by atoms with E-state index in [2.05, 4.69) is 4.98 Å². The second kappa shape index (κ2) is 6.28. The molecule has 0 spiro atoms. The van der Waals surface area contributed by atoms with E-state index < -0.39 is 17.0 Å². The van der Waals surface area contributed by atoms with E-state index >= 15 is 0 Å². The number of aromatic amines is 1. The van der Waals surface area contributed by atoms with E-state index in [0.717, 1.165) is 0 Å². The summed E-state index contributed by atoms with van der Waals surface area (Å²) < 4.78 is 5.34. The zero-order valence-corrected chi connectivity index (χ0v) is 12.6. The fourth-order valence-electron chi connectivity index (χ4n) is 2.80. The van der Waals surface area contributed by atoms with Crippen LogP contribution in [0.15, 0.2) is 24.3 Å². The summed E-state index contributed by atoms with van der Waals surface area (Å²) in [6, 6.07) is 6.17. The third-order valence-electron chi connectivity index (χ3n) is 3.89. The number of hydrogen-bond donors (Lipinski definition) is 2. The van der Waals surface area contributed by atoms with Gasteiger partial charge in [-0.2, -0.15) is 0 Å². The van der Waals surface area contributed by atoms with Crippen molar-refractivity contribution in [3.8, 4) is 0 Å². The molecule has 3 rings (SSSR count). The number of rotatable bonds is 4. The number of carboxylic acids is 1. The molecule has 2 N–H and O–H groups in total. The Labute approximate surface area is 136 Å². The number of amides is 1. The molecule has 0 saturated carbocycles. The molecule has 1 atom stereocenters. The van der Waals surface area contributed by atoms with Crippen molar-refractivity contribution in [2.24, 2.45) is 0 Å². The van der Waals surface area contributed by atoms with Gasteiger partial charge >= 0.3 is 5.97 Å². The van der Waals surface area contributed by atoms with Gasteiger partial charge in [-0.05, 0) is 6.07 Å². The molecule has 1 amide bonds. The van der Waals surface area contributed by atoms with Gasteiger partial charge in [-0.15, -0.1) is 0 Å². The Morgan fingerprint density at radius 1 is 1.46 bits per heavy atom. The lowest BCUT2D eigenvalue weighted by Crippen LogP contribution is -2.46. The number of aliphatic carboxylic acids is 1. The molecule has 0 radical (unpaired) electrons. The number of carboxylic acid groups (broad SMARTS) is 1. The highest BCUT2D eigenvalue weighted by molar-refractivity contribution is 6.00. The third kappa shape index (κ3) is 3.06. The van der Waals surface area contributed by atoms with E-state index in [-0.39, 0.29) is 36.9 Å². The molecule has 1 aromatic carbocycles. The molecular formula is C15H15N3O6. The minimum Gasteiger partial charge on any atom is -0.481 e. The van der Waals surface area contributed by atoms with E-state index in [4.69, 9.17) is 9.84 Å². The lowest BCUT2D eigenvalue weighted by atomic mass is 10.2. The van der Waals surface area contributed by atoms with Crippen molar-refractivity contribution < 1.29 is 24.4 Å². The second-order valence-electron chi connectivity index (χ2n) is 5.52. The summed E-state index contributed by atoms with van der Waals surface area (Å²) in [6.45, 7) is 0.763. The van der Waals surface area contributed by atoms with Crippen LogP contribution in [0.5, 0.6) is 0 Å². The average molecular weight is 333 g/mol. The molecule has 0 aliphatic carbocycles. The number of ether oxygens (including phenoxy) is 1. The largest absolute Gasteiger partial charge is 0.481 e. The first kappa shape index (κ1) is 15.9. The first-order chi connectivity index (χ1) is 11.5. The van der Waals surface area contributed by atoms with Crippen molar-refractivity contribution >= 4 is 28.5 Å². The molecule has 24 heavy (non-hydrogen) atoms. The zero-order chi connectivity index (χ0) is 17.3. The number of benzene rings is 1. The van der Waals surface area contributed by atoms with Gasteiger partial charge in [0.2, 0.25) is 0 Å². The summed E-state index contributed by atoms with van der Waals surface area (Å²) in [5, 5.41) is 20.5. The summed E-state index contributed by atoms with van der Waals surface area (Å²) in [5.41, 5.74) is 0.425. The van der Waals surface area contributed by atoms with Gasteiger partial charge in [-0.1, -0.05) is 12.1 Å². The van der Waals surface area contributed by atoms with Gasteiger partial charge in [0.15, 0.2) is 0 Å². The highest BCUT2D eigenvalue weighted by Gasteiger charge is 2.28. The molecule has 126 valence electrons. The van der Waals surface area contributed by atoms with Gasteiger partial charge < -0.3 is 19.7 Å². The average Bonchev–Trinajstić information content (AvgIpc) is 2.97. The number of nitro benzene ring substituents is 1.